The van der Waals surface area contributed by atoms with Gasteiger partial charge in [-0.25, -0.2) is 9.97 Å². The van der Waals surface area contributed by atoms with Crippen molar-refractivity contribution in [1.82, 2.24) is 15.0 Å². The number of anilines is 2. The molecule has 0 saturated carbocycles. The molecule has 0 amide bonds. The number of halogens is 2. The smallest absolute Gasteiger partial charge is 0.141 e. The first-order valence-corrected chi connectivity index (χ1v) is 8.35. The van der Waals surface area contributed by atoms with Gasteiger partial charge in [0.05, 0.1) is 21.3 Å². The topological polar surface area (TPSA) is 50.7 Å². The standard InChI is InChI=1S/C19H12Cl2N4/c20-15-8-7-12(10-14(15)17-6-1-2-9-22-17)25-19-13-4-3-5-16(21)18(13)23-11-24-19/h1-11H,(H,23,24,25). The highest BCUT2D eigenvalue weighted by Gasteiger charge is 2.09. The Balaban J connectivity index is 1.76. The van der Waals surface area contributed by atoms with Gasteiger partial charge in [-0.15, -0.1) is 0 Å². The molecule has 0 spiro atoms. The summed E-state index contributed by atoms with van der Waals surface area (Å²) < 4.78 is 0. The van der Waals surface area contributed by atoms with Crippen LogP contribution in [0.5, 0.6) is 0 Å². The monoisotopic (exact) mass is 366 g/mol. The molecule has 4 aromatic rings. The molecular weight excluding hydrogens is 355 g/mol. The van der Waals surface area contributed by atoms with Crippen molar-refractivity contribution in [2.45, 2.75) is 0 Å². The highest BCUT2D eigenvalue weighted by molar-refractivity contribution is 6.35. The van der Waals surface area contributed by atoms with Crippen LogP contribution in [0.2, 0.25) is 10.0 Å². The molecule has 0 radical (unpaired) electrons. The molecule has 1 N–H and O–H groups in total. The number of benzene rings is 2. The number of nitrogens with one attached hydrogen (secondary N) is 1. The van der Waals surface area contributed by atoms with Crippen molar-refractivity contribution < 1.29 is 0 Å². The van der Waals surface area contributed by atoms with Crippen LogP contribution in [0.25, 0.3) is 22.2 Å². The summed E-state index contributed by atoms with van der Waals surface area (Å²) >= 11 is 12.6. The van der Waals surface area contributed by atoms with Gasteiger partial charge in [-0.3, -0.25) is 4.98 Å². The first kappa shape index (κ1) is 15.8. The zero-order valence-corrected chi connectivity index (χ0v) is 14.5. The summed E-state index contributed by atoms with van der Waals surface area (Å²) in [5.74, 6) is 0.682. The Bertz CT molecular complexity index is 1050. The minimum atomic E-state index is 0.591. The Morgan fingerprint density at radius 2 is 1.72 bits per heavy atom. The molecule has 4 rings (SSSR count). The van der Waals surface area contributed by atoms with E-state index in [1.165, 1.54) is 6.33 Å². The van der Waals surface area contributed by atoms with E-state index < -0.39 is 0 Å². The van der Waals surface area contributed by atoms with E-state index in [1.807, 2.05) is 54.6 Å². The molecule has 0 aliphatic heterocycles. The van der Waals surface area contributed by atoms with Crippen LogP contribution >= 0.6 is 23.2 Å². The third kappa shape index (κ3) is 3.14. The summed E-state index contributed by atoms with van der Waals surface area (Å²) in [5, 5.41) is 5.40. The van der Waals surface area contributed by atoms with E-state index in [0.717, 1.165) is 22.3 Å². The number of aromatic nitrogens is 3. The summed E-state index contributed by atoms with van der Waals surface area (Å²) in [7, 11) is 0. The minimum absolute atomic E-state index is 0.591. The first-order chi connectivity index (χ1) is 12.2. The molecule has 0 aliphatic rings. The maximum Gasteiger partial charge on any atom is 0.141 e. The van der Waals surface area contributed by atoms with Crippen LogP contribution in [0.15, 0.2) is 67.1 Å². The zero-order chi connectivity index (χ0) is 17.2. The van der Waals surface area contributed by atoms with Crippen molar-refractivity contribution in [3.63, 3.8) is 0 Å². The lowest BCUT2D eigenvalue weighted by Crippen LogP contribution is -1.97. The van der Waals surface area contributed by atoms with E-state index in [2.05, 4.69) is 20.3 Å². The fourth-order valence-electron chi connectivity index (χ4n) is 2.61. The lowest BCUT2D eigenvalue weighted by atomic mass is 10.1. The maximum atomic E-state index is 6.34. The van der Waals surface area contributed by atoms with Crippen molar-refractivity contribution in [1.29, 1.82) is 0 Å². The number of pyridine rings is 1. The number of fused-ring (bicyclic) bond motifs is 1. The van der Waals surface area contributed by atoms with Crippen molar-refractivity contribution in [3.8, 4) is 11.3 Å². The molecule has 6 heteroatoms. The Morgan fingerprint density at radius 3 is 2.56 bits per heavy atom. The van der Waals surface area contributed by atoms with Gasteiger partial charge in [-0.05, 0) is 42.5 Å². The van der Waals surface area contributed by atoms with Crippen LogP contribution in [0.3, 0.4) is 0 Å². The Labute approximate surface area is 154 Å². The SMILES string of the molecule is Clc1ccc(Nc2ncnc3c(Cl)cccc23)cc1-c1ccccn1. The van der Waals surface area contributed by atoms with Crippen molar-refractivity contribution in [2.24, 2.45) is 0 Å². The Morgan fingerprint density at radius 1 is 0.800 bits per heavy atom. The number of para-hydroxylation sites is 1. The molecule has 0 fully saturated rings. The molecule has 2 aromatic carbocycles. The van der Waals surface area contributed by atoms with Crippen LogP contribution in [0, 0.1) is 0 Å². The average Bonchev–Trinajstić information content (AvgIpc) is 2.65. The quantitative estimate of drug-likeness (QED) is 0.502. The van der Waals surface area contributed by atoms with Crippen LogP contribution in [-0.2, 0) is 0 Å². The molecule has 0 aliphatic carbocycles. The second kappa shape index (κ2) is 6.67. The van der Waals surface area contributed by atoms with Gasteiger partial charge in [0, 0.05) is 22.8 Å². The minimum Gasteiger partial charge on any atom is -0.340 e. The van der Waals surface area contributed by atoms with E-state index >= 15 is 0 Å². The van der Waals surface area contributed by atoms with E-state index in [1.54, 1.807) is 6.20 Å². The van der Waals surface area contributed by atoms with Gasteiger partial charge in [0.1, 0.15) is 12.1 Å². The molecule has 4 nitrogen and oxygen atoms in total. The lowest BCUT2D eigenvalue weighted by Gasteiger charge is -2.11. The van der Waals surface area contributed by atoms with Crippen molar-refractivity contribution in [2.75, 3.05) is 5.32 Å². The highest BCUT2D eigenvalue weighted by Crippen LogP contribution is 2.32. The van der Waals surface area contributed by atoms with Gasteiger partial charge in [0.2, 0.25) is 0 Å². The zero-order valence-electron chi connectivity index (χ0n) is 12.9. The van der Waals surface area contributed by atoms with E-state index in [9.17, 15) is 0 Å². The molecule has 25 heavy (non-hydrogen) atoms. The van der Waals surface area contributed by atoms with E-state index in [4.69, 9.17) is 23.2 Å². The Kier molecular flexibility index (Phi) is 4.22. The lowest BCUT2D eigenvalue weighted by molar-refractivity contribution is 1.22. The second-order valence-electron chi connectivity index (χ2n) is 5.39. The summed E-state index contributed by atoms with van der Waals surface area (Å²) in [6.07, 6.45) is 3.23. The van der Waals surface area contributed by atoms with Crippen LogP contribution in [0.1, 0.15) is 0 Å². The highest BCUT2D eigenvalue weighted by atomic mass is 35.5. The summed E-state index contributed by atoms with van der Waals surface area (Å²) in [6, 6.07) is 17.0. The first-order valence-electron chi connectivity index (χ1n) is 7.59. The van der Waals surface area contributed by atoms with Crippen molar-refractivity contribution >= 4 is 45.6 Å². The van der Waals surface area contributed by atoms with Crippen LogP contribution in [0.4, 0.5) is 11.5 Å². The van der Waals surface area contributed by atoms with E-state index in [0.29, 0.717) is 21.4 Å². The number of rotatable bonds is 3. The van der Waals surface area contributed by atoms with Crippen molar-refractivity contribution in [3.05, 3.63) is 77.2 Å². The van der Waals surface area contributed by atoms with Gasteiger partial charge in [-0.1, -0.05) is 35.3 Å². The van der Waals surface area contributed by atoms with Gasteiger partial charge in [-0.2, -0.15) is 0 Å². The second-order valence-corrected chi connectivity index (χ2v) is 6.21. The molecule has 2 aromatic heterocycles. The molecular formula is C19H12Cl2N4. The number of nitrogens with zero attached hydrogens (tertiary/aromatic N) is 3. The third-order valence-electron chi connectivity index (χ3n) is 3.79. The van der Waals surface area contributed by atoms with E-state index in [-0.39, 0.29) is 0 Å². The normalized spacial score (nSPS) is 10.8. The molecule has 2 heterocycles. The molecule has 122 valence electrons. The third-order valence-corrected chi connectivity index (χ3v) is 4.42. The van der Waals surface area contributed by atoms with Gasteiger partial charge < -0.3 is 5.32 Å². The van der Waals surface area contributed by atoms with Crippen LogP contribution < -0.4 is 5.32 Å². The fourth-order valence-corrected chi connectivity index (χ4v) is 3.05. The fraction of sp³-hybridized carbons (Fsp3) is 0. The predicted octanol–water partition coefficient (Wildman–Crippen LogP) is 5.74. The number of hydrogen-bond acceptors (Lipinski definition) is 4. The molecule has 0 atom stereocenters. The van der Waals surface area contributed by atoms with Gasteiger partial charge >= 0.3 is 0 Å². The number of hydrogen-bond donors (Lipinski definition) is 1. The van der Waals surface area contributed by atoms with Gasteiger partial charge in [0.25, 0.3) is 0 Å². The molecule has 0 unspecified atom stereocenters. The average molecular weight is 367 g/mol. The summed E-state index contributed by atoms with van der Waals surface area (Å²) in [5.41, 5.74) is 3.22. The van der Waals surface area contributed by atoms with Gasteiger partial charge in [0.15, 0.2) is 0 Å². The Hall–Kier alpha value is -2.69. The largest absolute Gasteiger partial charge is 0.340 e. The molecule has 0 saturated heterocycles. The summed E-state index contributed by atoms with van der Waals surface area (Å²) in [4.78, 5) is 13.0. The predicted molar refractivity (Wildman–Crippen MR) is 103 cm³/mol. The molecule has 0 bridgehead atoms. The maximum absolute atomic E-state index is 6.34. The van der Waals surface area contributed by atoms with Crippen LogP contribution in [-0.4, -0.2) is 15.0 Å². The summed E-state index contributed by atoms with van der Waals surface area (Å²) in [6.45, 7) is 0.